The number of hydrogen-bond acceptors (Lipinski definition) is 7. The fourth-order valence-corrected chi connectivity index (χ4v) is 18.6. The zero-order valence-electron chi connectivity index (χ0n) is 10.8. The summed E-state index contributed by atoms with van der Waals surface area (Å²) in [6.45, 7) is 4.12. The number of nitrogens with zero attached hydrogens (tertiary/aromatic N) is 1. The van der Waals surface area contributed by atoms with Crippen molar-refractivity contribution < 1.29 is 69.7 Å². The molecule has 0 spiro atoms. The number of carbonyl (C=O) groups is 3. The van der Waals surface area contributed by atoms with Gasteiger partial charge in [0.1, 0.15) is 0 Å². The van der Waals surface area contributed by atoms with Gasteiger partial charge in [-0.2, -0.15) is 0 Å². The van der Waals surface area contributed by atoms with Crippen molar-refractivity contribution >= 4 is 39.9 Å². The van der Waals surface area contributed by atoms with Crippen LogP contribution in [0.4, 0.5) is 5.13 Å². The van der Waals surface area contributed by atoms with E-state index < -0.39 is 50.1 Å². The third-order valence-electron chi connectivity index (χ3n) is 1.88. The van der Waals surface area contributed by atoms with Gasteiger partial charge in [-0.1, -0.05) is 0 Å². The summed E-state index contributed by atoms with van der Waals surface area (Å²) in [5, 5.41) is 3.08. The van der Waals surface area contributed by atoms with Gasteiger partial charge in [-0.25, -0.2) is 0 Å². The molecule has 1 rings (SSSR count). The fraction of sp³-hybridized carbons (Fsp3) is 0.333. The average Bonchev–Trinajstić information content (AvgIpc) is 2.65. The molecule has 0 radical (unpaired) electrons. The van der Waals surface area contributed by atoms with Crippen molar-refractivity contribution in [2.45, 2.75) is 20.8 Å². The number of aromatic nitrogens is 1. The summed E-state index contributed by atoms with van der Waals surface area (Å²) in [7, 11) is 0. The molecule has 0 aliphatic rings. The second-order valence-corrected chi connectivity index (χ2v) is 16.5. The first-order valence-electron chi connectivity index (χ1n) is 5.41. The molecule has 1 heterocycles. The van der Waals surface area contributed by atoms with E-state index in [1.807, 2.05) is 0 Å². The quantitative estimate of drug-likeness (QED) is 0.428. The predicted molar refractivity (Wildman–Crippen MR) is 59.2 cm³/mol. The van der Waals surface area contributed by atoms with E-state index in [-0.39, 0.29) is 17.8 Å². The molecule has 0 saturated heterocycles. The number of rotatable bonds is 5. The molecule has 1 N–H and O–H groups in total. The molecule has 0 aromatic carbocycles. The molecule has 0 aliphatic carbocycles. The first-order chi connectivity index (χ1) is 8.88. The summed E-state index contributed by atoms with van der Waals surface area (Å²) in [6, 6.07) is 0. The second-order valence-electron chi connectivity index (χ2n) is 3.63. The molecule has 1 aromatic heterocycles. The molecule has 1 amide bonds. The number of carbonyl (C=O) groups excluding carboxylic acids is 3. The fourth-order valence-electron chi connectivity index (χ4n) is 1.15. The molecule has 1 aromatic rings. The molecule has 96 valence electrons. The summed E-state index contributed by atoms with van der Waals surface area (Å²) in [5.41, 5.74) is 0. The van der Waals surface area contributed by atoms with Gasteiger partial charge < -0.3 is 0 Å². The van der Waals surface area contributed by atoms with Crippen molar-refractivity contribution in [2.24, 2.45) is 0 Å². The van der Waals surface area contributed by atoms with Gasteiger partial charge >= 0.3 is 141 Å². The van der Waals surface area contributed by atoms with Gasteiger partial charge in [0.2, 0.25) is 0 Å². The number of hydrogen-bond donors (Lipinski definition) is 1. The van der Waals surface area contributed by atoms with E-state index in [9.17, 15) is 14.4 Å². The molecule has 7 nitrogen and oxygen atoms in total. The third-order valence-corrected chi connectivity index (χ3v) is 24.2. The van der Waals surface area contributed by atoms with Gasteiger partial charge in [0.25, 0.3) is 0 Å². The first-order valence-corrected chi connectivity index (χ1v) is 16.2. The van der Waals surface area contributed by atoms with Crippen LogP contribution in [0.15, 0.2) is 0 Å². The van der Waals surface area contributed by atoms with E-state index in [0.29, 0.717) is 5.13 Å². The number of amides is 1. The maximum atomic E-state index is 11.0. The molecule has 0 aliphatic heterocycles. The van der Waals surface area contributed by atoms with E-state index in [4.69, 9.17) is 5.29 Å². The van der Waals surface area contributed by atoms with E-state index >= 15 is 0 Å². The summed E-state index contributed by atoms with van der Waals surface area (Å²) in [4.78, 5) is 37.0. The van der Waals surface area contributed by atoms with Gasteiger partial charge in [0.05, 0.1) is 0 Å². The summed E-state index contributed by atoms with van der Waals surface area (Å²) in [5.74, 6) is -0.822. The molecular formula is C9H10Hg2N2O5S. The van der Waals surface area contributed by atoms with Crippen LogP contribution in [0.1, 0.15) is 20.8 Å². The number of nitrogens with one attached hydrogen (secondary N) is 1. The molecule has 0 unspecified atom stereocenters. The molecule has 0 bridgehead atoms. The monoisotopic (exact) mass is 662 g/mol. The normalized spacial score (nSPS) is 9.00. The Kier molecular flexibility index (Phi) is 7.37. The molecule has 0 saturated carbocycles. The van der Waals surface area contributed by atoms with Crippen molar-refractivity contribution in [1.29, 1.82) is 0 Å². The van der Waals surface area contributed by atoms with Crippen LogP contribution in [0.3, 0.4) is 0 Å². The van der Waals surface area contributed by atoms with Gasteiger partial charge in [0.15, 0.2) is 0 Å². The minimum atomic E-state index is -2.07. The molecule has 19 heavy (non-hydrogen) atoms. The van der Waals surface area contributed by atoms with E-state index in [1.165, 1.54) is 32.1 Å². The number of thiazole rings is 1. The SMILES string of the molecule is CC(=O)Nc1n[c]([Hg][O]C(C)=O)[c]([Hg][O]C(C)=O)s1. The Morgan fingerprint density at radius 3 is 2.21 bits per heavy atom. The van der Waals surface area contributed by atoms with Gasteiger partial charge in [-0.05, 0) is 0 Å². The molecule has 0 fully saturated rings. The Bertz CT molecular complexity index is 469. The van der Waals surface area contributed by atoms with Crippen LogP contribution < -0.4 is 10.9 Å². The summed E-state index contributed by atoms with van der Waals surface area (Å²) >= 11 is -2.76. The predicted octanol–water partition coefficient (Wildman–Crippen LogP) is -0.527. The molecule has 0 atom stereocenters. The molecule has 10 heteroatoms. The average molecular weight is 659 g/mol. The van der Waals surface area contributed by atoms with Crippen molar-refractivity contribution in [1.82, 2.24) is 4.98 Å². The Labute approximate surface area is 139 Å². The Morgan fingerprint density at radius 2 is 1.68 bits per heavy atom. The van der Waals surface area contributed by atoms with Crippen LogP contribution in [0.5, 0.6) is 0 Å². The Balaban J connectivity index is 2.82. The zero-order chi connectivity index (χ0) is 14.4. The maximum absolute atomic E-state index is 11.0. The van der Waals surface area contributed by atoms with E-state index in [1.54, 1.807) is 0 Å². The number of anilines is 1. The van der Waals surface area contributed by atoms with Crippen molar-refractivity contribution in [3.05, 3.63) is 0 Å². The summed E-state index contributed by atoms with van der Waals surface area (Å²) in [6.07, 6.45) is 0. The van der Waals surface area contributed by atoms with Crippen molar-refractivity contribution in [3.8, 4) is 0 Å². The van der Waals surface area contributed by atoms with Crippen LogP contribution in [0, 0.1) is 0 Å². The van der Waals surface area contributed by atoms with Gasteiger partial charge in [0, 0.05) is 0 Å². The second kappa shape index (κ2) is 8.25. The van der Waals surface area contributed by atoms with Crippen LogP contribution >= 0.6 is 11.3 Å². The van der Waals surface area contributed by atoms with Crippen LogP contribution in [-0.4, -0.2) is 22.8 Å². The van der Waals surface area contributed by atoms with Crippen molar-refractivity contribution in [3.63, 3.8) is 0 Å². The Hall–Kier alpha value is -0.0899. The van der Waals surface area contributed by atoms with Gasteiger partial charge in [-0.3, -0.25) is 0 Å². The standard InChI is InChI=1S/C5H4N2OS.2C2H4O2.2Hg/c1-4(8)7-5-6-2-3-9-5;2*1-2(3)4;;/h1H3,(H,6,7,8);2*1H3,(H,3,4);;/q;;;2*+1/p-2. The van der Waals surface area contributed by atoms with Crippen LogP contribution in [0.2, 0.25) is 0 Å². The first kappa shape index (κ1) is 17.0. The topological polar surface area (TPSA) is 94.6 Å². The summed E-state index contributed by atoms with van der Waals surface area (Å²) < 4.78 is 12.0. The molecular weight excluding hydrogens is 649 g/mol. The van der Waals surface area contributed by atoms with Crippen LogP contribution in [-0.2, 0) is 69.7 Å². The van der Waals surface area contributed by atoms with E-state index in [2.05, 4.69) is 10.3 Å². The third kappa shape index (κ3) is 6.75. The van der Waals surface area contributed by atoms with E-state index in [0.717, 1.165) is 5.59 Å². The van der Waals surface area contributed by atoms with Crippen LogP contribution in [0.25, 0.3) is 0 Å². The van der Waals surface area contributed by atoms with Gasteiger partial charge in [-0.15, -0.1) is 0 Å². The van der Waals surface area contributed by atoms with Crippen molar-refractivity contribution in [2.75, 3.05) is 5.32 Å². The zero-order valence-corrected chi connectivity index (χ0v) is 22.6. The minimum absolute atomic E-state index is 0.208. The Morgan fingerprint density at radius 1 is 1.11 bits per heavy atom.